The third kappa shape index (κ3) is 4.02. The number of hydrogen-bond donors (Lipinski definition) is 0. The van der Waals surface area contributed by atoms with E-state index in [0.717, 1.165) is 24.3 Å². The van der Waals surface area contributed by atoms with Crippen LogP contribution in [0.4, 0.5) is 26.3 Å². The van der Waals surface area contributed by atoms with Crippen molar-refractivity contribution in [2.24, 2.45) is 7.05 Å². The molecule has 200 valence electrons. The Balaban J connectivity index is 1.59. The summed E-state index contributed by atoms with van der Waals surface area (Å²) in [5.74, 6) is -4.62. The lowest BCUT2D eigenvalue weighted by Gasteiger charge is -2.41. The fourth-order valence-corrected chi connectivity index (χ4v) is 5.32. The van der Waals surface area contributed by atoms with Gasteiger partial charge in [-0.2, -0.15) is 18.3 Å². The van der Waals surface area contributed by atoms with Crippen LogP contribution in [0.5, 0.6) is 0 Å². The second kappa shape index (κ2) is 9.17. The molecule has 0 spiro atoms. The summed E-state index contributed by atoms with van der Waals surface area (Å²) in [7, 11) is 1.61. The van der Waals surface area contributed by atoms with Crippen molar-refractivity contribution in [2.75, 3.05) is 0 Å². The summed E-state index contributed by atoms with van der Waals surface area (Å²) in [4.78, 5) is 19.6. The van der Waals surface area contributed by atoms with Gasteiger partial charge < -0.3 is 4.90 Å². The molecule has 4 heterocycles. The number of aromatic nitrogens is 4. The molecule has 6 nitrogen and oxygen atoms in total. The molecule has 3 aromatic heterocycles. The highest BCUT2D eigenvalue weighted by atomic mass is 19.4. The number of nitrogens with zero attached hydrogens (tertiary/aromatic N) is 5. The van der Waals surface area contributed by atoms with Crippen LogP contribution in [0.15, 0.2) is 36.7 Å². The van der Waals surface area contributed by atoms with E-state index >= 15 is 0 Å². The van der Waals surface area contributed by atoms with Crippen LogP contribution in [0.25, 0.3) is 16.9 Å². The predicted molar refractivity (Wildman–Crippen MR) is 126 cm³/mol. The van der Waals surface area contributed by atoms with Gasteiger partial charge >= 0.3 is 6.18 Å². The number of pyridine rings is 1. The van der Waals surface area contributed by atoms with Crippen molar-refractivity contribution in [1.82, 2.24) is 24.1 Å². The Morgan fingerprint density at radius 2 is 1.76 bits per heavy atom. The van der Waals surface area contributed by atoms with E-state index in [4.69, 9.17) is 0 Å². The minimum Gasteiger partial charge on any atom is -0.325 e. The lowest BCUT2D eigenvalue weighted by Crippen LogP contribution is -2.47. The minimum absolute atomic E-state index is 0.0116. The molecule has 1 amide bonds. The van der Waals surface area contributed by atoms with Crippen molar-refractivity contribution in [3.8, 4) is 11.3 Å². The maximum Gasteiger partial charge on any atom is 0.416 e. The Kier molecular flexibility index (Phi) is 6.23. The predicted octanol–water partition coefficient (Wildman–Crippen LogP) is 6.10. The summed E-state index contributed by atoms with van der Waals surface area (Å²) >= 11 is 0. The number of imidazole rings is 1. The monoisotopic (exact) mass is 535 g/mol. The average Bonchev–Trinajstić information content (AvgIpc) is 3.44. The van der Waals surface area contributed by atoms with E-state index in [1.54, 1.807) is 11.9 Å². The second-order valence-electron chi connectivity index (χ2n) is 9.28. The molecule has 12 heteroatoms. The number of fused-ring (bicyclic) bond motifs is 2. The number of amides is 1. The SMILES string of the molecule is CCC1Cc2c(nn(C)c2-c2cc(F)c(F)c(F)c2)C(CC)N1C(=O)c1cnc2cc(C(F)(F)F)ccn12. The van der Waals surface area contributed by atoms with Crippen molar-refractivity contribution in [3.05, 3.63) is 76.6 Å². The van der Waals surface area contributed by atoms with Gasteiger partial charge in [0.05, 0.1) is 29.2 Å². The van der Waals surface area contributed by atoms with Crippen LogP contribution in [0.1, 0.15) is 60.0 Å². The molecular formula is C26H23F6N5O. The molecule has 0 saturated carbocycles. The summed E-state index contributed by atoms with van der Waals surface area (Å²) in [6.07, 6.45) is -0.835. The molecule has 1 aromatic carbocycles. The molecule has 0 fully saturated rings. The standard InChI is InChI=1S/C26H23F6N5O/c1-4-15-11-16-23(34-35(3)24(16)13-8-17(27)22(29)18(28)9-13)19(5-2)37(15)25(38)20-12-33-21-10-14(26(30,31)32)6-7-36(20)21/h6-10,12,15,19H,4-5,11H2,1-3H3. The number of rotatable bonds is 4. The zero-order chi connectivity index (χ0) is 27.5. The minimum atomic E-state index is -4.55. The molecule has 0 N–H and O–H groups in total. The van der Waals surface area contributed by atoms with Crippen molar-refractivity contribution in [1.29, 1.82) is 0 Å². The molecule has 4 aromatic rings. The van der Waals surface area contributed by atoms with Gasteiger partial charge in [0, 0.05) is 30.4 Å². The van der Waals surface area contributed by atoms with Crippen molar-refractivity contribution < 1.29 is 31.1 Å². The quantitative estimate of drug-likeness (QED) is 0.235. The molecule has 0 saturated heterocycles. The highest BCUT2D eigenvalue weighted by Gasteiger charge is 2.41. The van der Waals surface area contributed by atoms with E-state index in [1.165, 1.54) is 21.5 Å². The maximum absolute atomic E-state index is 14.1. The average molecular weight is 535 g/mol. The third-order valence-corrected chi connectivity index (χ3v) is 7.07. The van der Waals surface area contributed by atoms with Crippen molar-refractivity contribution in [2.45, 2.75) is 51.4 Å². The zero-order valence-corrected chi connectivity index (χ0v) is 20.7. The molecule has 2 unspecified atom stereocenters. The first-order chi connectivity index (χ1) is 18.0. The van der Waals surface area contributed by atoms with Crippen LogP contribution in [-0.4, -0.2) is 36.0 Å². The number of halogens is 6. The number of hydrogen-bond acceptors (Lipinski definition) is 3. The van der Waals surface area contributed by atoms with Gasteiger partial charge in [0.2, 0.25) is 0 Å². The third-order valence-electron chi connectivity index (χ3n) is 7.07. The number of alkyl halides is 3. The van der Waals surface area contributed by atoms with E-state index in [2.05, 4.69) is 10.1 Å². The van der Waals surface area contributed by atoms with E-state index < -0.39 is 41.1 Å². The van der Waals surface area contributed by atoms with Crippen molar-refractivity contribution in [3.63, 3.8) is 0 Å². The number of aryl methyl sites for hydroxylation is 1. The first kappa shape index (κ1) is 25.8. The van der Waals surface area contributed by atoms with Gasteiger partial charge in [-0.1, -0.05) is 13.8 Å². The first-order valence-corrected chi connectivity index (χ1v) is 12.0. The Morgan fingerprint density at radius 3 is 2.37 bits per heavy atom. The van der Waals surface area contributed by atoms with Gasteiger partial charge in [0.25, 0.3) is 5.91 Å². The van der Waals surface area contributed by atoms with Crippen LogP contribution in [0.3, 0.4) is 0 Å². The van der Waals surface area contributed by atoms with E-state index in [1.807, 2.05) is 13.8 Å². The number of benzene rings is 1. The molecule has 0 bridgehead atoms. The number of carbonyl (C=O) groups is 1. The van der Waals surface area contributed by atoms with Crippen LogP contribution >= 0.6 is 0 Å². The fourth-order valence-electron chi connectivity index (χ4n) is 5.32. The number of carbonyl (C=O) groups excluding carboxylic acids is 1. The summed E-state index contributed by atoms with van der Waals surface area (Å²) < 4.78 is 83.9. The highest BCUT2D eigenvalue weighted by Crippen LogP contribution is 2.41. The summed E-state index contributed by atoms with van der Waals surface area (Å²) in [5, 5.41) is 4.58. The smallest absolute Gasteiger partial charge is 0.325 e. The van der Waals surface area contributed by atoms with Crippen LogP contribution < -0.4 is 0 Å². The van der Waals surface area contributed by atoms with E-state index in [9.17, 15) is 31.1 Å². The van der Waals surface area contributed by atoms with Gasteiger partial charge in [-0.05, 0) is 43.5 Å². The molecular weight excluding hydrogens is 512 g/mol. The van der Waals surface area contributed by atoms with Crippen LogP contribution in [0.2, 0.25) is 0 Å². The molecule has 0 aliphatic carbocycles. The Morgan fingerprint density at radius 1 is 1.08 bits per heavy atom. The zero-order valence-electron chi connectivity index (χ0n) is 20.7. The molecule has 0 radical (unpaired) electrons. The fraction of sp³-hybridized carbons (Fsp3) is 0.346. The summed E-state index contributed by atoms with van der Waals surface area (Å²) in [5.41, 5.74) is 1.02. The molecule has 2 atom stereocenters. The topological polar surface area (TPSA) is 55.4 Å². The maximum atomic E-state index is 14.1. The van der Waals surface area contributed by atoms with Crippen LogP contribution in [0, 0.1) is 17.5 Å². The van der Waals surface area contributed by atoms with Crippen molar-refractivity contribution >= 4 is 11.6 Å². The highest BCUT2D eigenvalue weighted by molar-refractivity contribution is 5.94. The first-order valence-electron chi connectivity index (χ1n) is 12.0. The summed E-state index contributed by atoms with van der Waals surface area (Å²) in [6, 6.07) is 2.74. The Bertz CT molecular complexity index is 1530. The second-order valence-corrected chi connectivity index (χ2v) is 9.28. The van der Waals surface area contributed by atoms with Gasteiger partial charge in [-0.25, -0.2) is 18.2 Å². The van der Waals surface area contributed by atoms with E-state index in [0.29, 0.717) is 36.2 Å². The Hall–Kier alpha value is -3.83. The molecule has 38 heavy (non-hydrogen) atoms. The summed E-state index contributed by atoms with van der Waals surface area (Å²) in [6.45, 7) is 3.75. The van der Waals surface area contributed by atoms with Gasteiger partial charge in [-0.3, -0.25) is 13.9 Å². The molecule has 1 aliphatic heterocycles. The molecule has 1 aliphatic rings. The van der Waals surface area contributed by atoms with Crippen LogP contribution in [-0.2, 0) is 19.6 Å². The lowest BCUT2D eigenvalue weighted by atomic mass is 9.87. The largest absolute Gasteiger partial charge is 0.416 e. The molecule has 5 rings (SSSR count). The van der Waals surface area contributed by atoms with Gasteiger partial charge in [-0.15, -0.1) is 0 Å². The van der Waals surface area contributed by atoms with E-state index in [-0.39, 0.29) is 22.9 Å². The van der Waals surface area contributed by atoms with Gasteiger partial charge in [0.15, 0.2) is 17.5 Å². The lowest BCUT2D eigenvalue weighted by molar-refractivity contribution is -0.137. The Labute approximate surface area is 213 Å². The van der Waals surface area contributed by atoms with Gasteiger partial charge in [0.1, 0.15) is 11.3 Å². The normalized spacial score (nSPS) is 17.8.